The van der Waals surface area contributed by atoms with E-state index in [1.54, 1.807) is 24.3 Å². The van der Waals surface area contributed by atoms with Crippen LogP contribution in [0.1, 0.15) is 15.9 Å². The van der Waals surface area contributed by atoms with E-state index in [-0.39, 0.29) is 5.91 Å². The topological polar surface area (TPSA) is 38.3 Å². The Balaban J connectivity index is 1.67. The lowest BCUT2D eigenvalue weighted by atomic mass is 10.2. The molecule has 2 aromatic rings. The predicted molar refractivity (Wildman–Crippen MR) is 79.9 cm³/mol. The zero-order chi connectivity index (χ0) is 14.2. The molecule has 0 bridgehead atoms. The quantitative estimate of drug-likeness (QED) is 0.829. The van der Waals surface area contributed by atoms with E-state index in [0.717, 1.165) is 5.56 Å². The van der Waals surface area contributed by atoms with E-state index in [1.165, 1.54) is 0 Å². The van der Waals surface area contributed by atoms with Crippen LogP contribution < -0.4 is 5.32 Å². The molecule has 2 rings (SSSR count). The third kappa shape index (κ3) is 4.68. The third-order valence-corrected chi connectivity index (χ3v) is 2.97. The fourth-order valence-corrected chi connectivity index (χ4v) is 1.92. The number of carbonyl (C=O) groups excluding carboxylic acids is 1. The van der Waals surface area contributed by atoms with Crippen molar-refractivity contribution >= 4 is 17.5 Å². The van der Waals surface area contributed by atoms with E-state index in [4.69, 9.17) is 16.3 Å². The van der Waals surface area contributed by atoms with Crippen molar-refractivity contribution in [1.29, 1.82) is 0 Å². The average molecular weight is 290 g/mol. The van der Waals surface area contributed by atoms with Crippen molar-refractivity contribution in [2.75, 3.05) is 13.2 Å². The number of nitrogens with one attached hydrogen (secondary N) is 1. The summed E-state index contributed by atoms with van der Waals surface area (Å²) in [5, 5.41) is 3.34. The van der Waals surface area contributed by atoms with Crippen molar-refractivity contribution in [3.8, 4) is 0 Å². The number of halogens is 1. The molecule has 4 heteroatoms. The number of hydrogen-bond acceptors (Lipinski definition) is 2. The maximum absolute atomic E-state index is 11.8. The van der Waals surface area contributed by atoms with Gasteiger partial charge in [0.15, 0.2) is 0 Å². The minimum atomic E-state index is -0.143. The number of benzene rings is 2. The summed E-state index contributed by atoms with van der Waals surface area (Å²) in [5.41, 5.74) is 1.68. The Bertz CT molecular complexity index is 557. The highest BCUT2D eigenvalue weighted by atomic mass is 35.5. The van der Waals surface area contributed by atoms with Gasteiger partial charge >= 0.3 is 0 Å². The summed E-state index contributed by atoms with van der Waals surface area (Å²) >= 11 is 5.84. The molecule has 0 fully saturated rings. The van der Waals surface area contributed by atoms with Gasteiger partial charge in [-0.15, -0.1) is 0 Å². The fourth-order valence-electron chi connectivity index (χ4n) is 1.73. The van der Waals surface area contributed by atoms with Gasteiger partial charge in [0, 0.05) is 17.1 Å². The lowest BCUT2D eigenvalue weighted by Gasteiger charge is -2.07. The van der Waals surface area contributed by atoms with Crippen LogP contribution in [0.2, 0.25) is 5.02 Å². The van der Waals surface area contributed by atoms with Gasteiger partial charge in [-0.05, 0) is 23.8 Å². The number of ether oxygens (including phenoxy) is 1. The summed E-state index contributed by atoms with van der Waals surface area (Å²) in [6, 6.07) is 16.8. The van der Waals surface area contributed by atoms with Crippen molar-refractivity contribution in [3.63, 3.8) is 0 Å². The molecule has 1 N–H and O–H groups in total. The highest BCUT2D eigenvalue weighted by Gasteiger charge is 2.04. The van der Waals surface area contributed by atoms with Crippen LogP contribution in [0.5, 0.6) is 0 Å². The van der Waals surface area contributed by atoms with Crippen molar-refractivity contribution in [1.82, 2.24) is 5.32 Å². The van der Waals surface area contributed by atoms with Gasteiger partial charge in [0.1, 0.15) is 0 Å². The Labute approximate surface area is 123 Å². The van der Waals surface area contributed by atoms with Gasteiger partial charge < -0.3 is 10.1 Å². The first-order chi connectivity index (χ1) is 9.75. The first-order valence-electron chi connectivity index (χ1n) is 6.41. The second-order valence-electron chi connectivity index (χ2n) is 4.30. The molecule has 0 radical (unpaired) electrons. The monoisotopic (exact) mass is 289 g/mol. The summed E-state index contributed by atoms with van der Waals surface area (Å²) in [6.45, 7) is 1.49. The zero-order valence-electron chi connectivity index (χ0n) is 11.0. The van der Waals surface area contributed by atoms with Gasteiger partial charge in [-0.1, -0.05) is 48.0 Å². The van der Waals surface area contributed by atoms with Crippen LogP contribution in [0, 0.1) is 0 Å². The van der Waals surface area contributed by atoms with Gasteiger partial charge in [-0.2, -0.15) is 0 Å². The van der Waals surface area contributed by atoms with Crippen LogP contribution >= 0.6 is 11.6 Å². The van der Waals surface area contributed by atoms with Crippen LogP contribution in [0.25, 0.3) is 0 Å². The summed E-state index contributed by atoms with van der Waals surface area (Å²) in [5.74, 6) is -0.143. The van der Waals surface area contributed by atoms with E-state index in [2.05, 4.69) is 5.32 Å². The Morgan fingerprint density at radius 3 is 2.65 bits per heavy atom. The largest absolute Gasteiger partial charge is 0.375 e. The van der Waals surface area contributed by atoms with Crippen molar-refractivity contribution in [3.05, 3.63) is 70.7 Å². The summed E-state index contributed by atoms with van der Waals surface area (Å²) < 4.78 is 5.49. The van der Waals surface area contributed by atoms with E-state index >= 15 is 0 Å². The smallest absolute Gasteiger partial charge is 0.251 e. The van der Waals surface area contributed by atoms with E-state index in [0.29, 0.717) is 30.3 Å². The molecule has 0 spiro atoms. The molecule has 0 saturated heterocycles. The van der Waals surface area contributed by atoms with Crippen LogP contribution in [-0.4, -0.2) is 19.1 Å². The molecule has 2 aromatic carbocycles. The molecule has 0 aromatic heterocycles. The Hall–Kier alpha value is -1.84. The second-order valence-corrected chi connectivity index (χ2v) is 4.74. The normalized spacial score (nSPS) is 10.2. The molecule has 0 saturated carbocycles. The highest BCUT2D eigenvalue weighted by molar-refractivity contribution is 6.30. The highest BCUT2D eigenvalue weighted by Crippen LogP contribution is 2.10. The van der Waals surface area contributed by atoms with E-state index in [9.17, 15) is 4.79 Å². The number of rotatable bonds is 6. The molecule has 0 atom stereocenters. The molecule has 0 aliphatic carbocycles. The van der Waals surface area contributed by atoms with Gasteiger partial charge in [-0.3, -0.25) is 4.79 Å². The van der Waals surface area contributed by atoms with Crippen LogP contribution in [0.4, 0.5) is 0 Å². The SMILES string of the molecule is O=C(NCCOCc1ccccc1)c1cccc(Cl)c1. The third-order valence-electron chi connectivity index (χ3n) is 2.73. The molecule has 0 heterocycles. The van der Waals surface area contributed by atoms with Crippen LogP contribution in [0.15, 0.2) is 54.6 Å². The molecule has 0 aliphatic rings. The Morgan fingerprint density at radius 2 is 1.90 bits per heavy atom. The average Bonchev–Trinajstić information content (AvgIpc) is 2.48. The van der Waals surface area contributed by atoms with Crippen LogP contribution in [0.3, 0.4) is 0 Å². The zero-order valence-corrected chi connectivity index (χ0v) is 11.8. The molecule has 20 heavy (non-hydrogen) atoms. The first-order valence-corrected chi connectivity index (χ1v) is 6.79. The van der Waals surface area contributed by atoms with Gasteiger partial charge in [0.05, 0.1) is 13.2 Å². The summed E-state index contributed by atoms with van der Waals surface area (Å²) in [7, 11) is 0. The fraction of sp³-hybridized carbons (Fsp3) is 0.188. The lowest BCUT2D eigenvalue weighted by molar-refractivity contribution is 0.0901. The van der Waals surface area contributed by atoms with Crippen molar-refractivity contribution < 1.29 is 9.53 Å². The molecule has 0 aliphatic heterocycles. The number of carbonyl (C=O) groups is 1. The summed E-state index contributed by atoms with van der Waals surface area (Å²) in [4.78, 5) is 11.8. The first kappa shape index (κ1) is 14.6. The maximum Gasteiger partial charge on any atom is 0.251 e. The van der Waals surface area contributed by atoms with Crippen molar-refractivity contribution in [2.24, 2.45) is 0 Å². The minimum Gasteiger partial charge on any atom is -0.375 e. The van der Waals surface area contributed by atoms with Gasteiger partial charge in [0.2, 0.25) is 0 Å². The standard InChI is InChI=1S/C16H16ClNO2/c17-15-8-4-7-14(11-15)16(19)18-9-10-20-12-13-5-2-1-3-6-13/h1-8,11H,9-10,12H2,(H,18,19). The van der Waals surface area contributed by atoms with E-state index in [1.807, 2.05) is 30.3 Å². The van der Waals surface area contributed by atoms with Gasteiger partial charge in [0.25, 0.3) is 5.91 Å². The number of hydrogen-bond donors (Lipinski definition) is 1. The van der Waals surface area contributed by atoms with Crippen LogP contribution in [-0.2, 0) is 11.3 Å². The Kier molecular flexibility index (Phi) is 5.59. The Morgan fingerprint density at radius 1 is 1.10 bits per heavy atom. The molecular weight excluding hydrogens is 274 g/mol. The number of amides is 1. The molecule has 1 amide bonds. The molecular formula is C16H16ClNO2. The second kappa shape index (κ2) is 7.68. The predicted octanol–water partition coefficient (Wildman–Crippen LogP) is 3.29. The van der Waals surface area contributed by atoms with E-state index < -0.39 is 0 Å². The van der Waals surface area contributed by atoms with Crippen molar-refractivity contribution in [2.45, 2.75) is 6.61 Å². The molecule has 104 valence electrons. The lowest BCUT2D eigenvalue weighted by Crippen LogP contribution is -2.27. The minimum absolute atomic E-state index is 0.143. The van der Waals surface area contributed by atoms with Gasteiger partial charge in [-0.25, -0.2) is 0 Å². The molecule has 0 unspecified atom stereocenters. The molecule has 3 nitrogen and oxygen atoms in total. The summed E-state index contributed by atoms with van der Waals surface area (Å²) in [6.07, 6.45) is 0. The maximum atomic E-state index is 11.8.